The molecule has 0 aromatic heterocycles. The SMILES string of the molecule is O=C(NCC1CCCN(S(=O)(=O)c2cccc(Cl)c2)C1)C1CCCCCCC1. The third-order valence-corrected chi connectivity index (χ3v) is 8.05. The fourth-order valence-electron chi connectivity index (χ4n) is 4.30. The highest BCUT2D eigenvalue weighted by Crippen LogP contribution is 2.26. The molecule has 1 unspecified atom stereocenters. The molecule has 2 fully saturated rings. The molecule has 28 heavy (non-hydrogen) atoms. The summed E-state index contributed by atoms with van der Waals surface area (Å²) in [4.78, 5) is 12.8. The Balaban J connectivity index is 1.55. The lowest BCUT2D eigenvalue weighted by molar-refractivity contribution is -0.125. The quantitative estimate of drug-likeness (QED) is 0.766. The highest BCUT2D eigenvalue weighted by atomic mass is 35.5. The molecule has 1 aliphatic carbocycles. The molecule has 1 saturated carbocycles. The van der Waals surface area contributed by atoms with Gasteiger partial charge in [-0.15, -0.1) is 0 Å². The maximum absolute atomic E-state index is 12.9. The standard InChI is InChI=1S/C21H31ClN2O3S/c22-19-11-6-12-20(14-19)28(26,27)24-13-7-8-17(16-24)15-23-21(25)18-9-4-2-1-3-5-10-18/h6,11-12,14,17-18H,1-5,7-10,13,15-16H2,(H,23,25). The first-order chi connectivity index (χ1) is 13.5. The molecule has 1 aliphatic heterocycles. The second-order valence-electron chi connectivity index (χ2n) is 8.12. The summed E-state index contributed by atoms with van der Waals surface area (Å²) < 4.78 is 27.4. The molecule has 156 valence electrons. The molecule has 0 spiro atoms. The van der Waals surface area contributed by atoms with E-state index in [0.717, 1.165) is 38.5 Å². The van der Waals surface area contributed by atoms with Crippen molar-refractivity contribution in [2.24, 2.45) is 11.8 Å². The topological polar surface area (TPSA) is 66.5 Å². The summed E-state index contributed by atoms with van der Waals surface area (Å²) in [6, 6.07) is 6.41. The highest BCUT2D eigenvalue weighted by Gasteiger charge is 2.31. The van der Waals surface area contributed by atoms with E-state index in [4.69, 9.17) is 11.6 Å². The van der Waals surface area contributed by atoms with E-state index < -0.39 is 10.0 Å². The van der Waals surface area contributed by atoms with Gasteiger partial charge < -0.3 is 5.32 Å². The smallest absolute Gasteiger partial charge is 0.243 e. The van der Waals surface area contributed by atoms with Crippen LogP contribution in [-0.2, 0) is 14.8 Å². The zero-order valence-corrected chi connectivity index (χ0v) is 18.0. The van der Waals surface area contributed by atoms with Crippen LogP contribution >= 0.6 is 11.6 Å². The Morgan fingerprint density at radius 2 is 1.79 bits per heavy atom. The van der Waals surface area contributed by atoms with Crippen molar-refractivity contribution in [1.29, 1.82) is 0 Å². The minimum absolute atomic E-state index is 0.121. The fourth-order valence-corrected chi connectivity index (χ4v) is 6.15. The number of carbonyl (C=O) groups is 1. The van der Waals surface area contributed by atoms with E-state index in [2.05, 4.69) is 5.32 Å². The predicted octanol–water partition coefficient (Wildman–Crippen LogP) is 4.22. The van der Waals surface area contributed by atoms with Crippen LogP contribution in [0.25, 0.3) is 0 Å². The van der Waals surface area contributed by atoms with Gasteiger partial charge in [0, 0.05) is 30.6 Å². The van der Waals surface area contributed by atoms with Gasteiger partial charge in [0.2, 0.25) is 15.9 Å². The molecule has 0 radical (unpaired) electrons. The summed E-state index contributed by atoms with van der Waals surface area (Å²) in [5.74, 6) is 0.423. The van der Waals surface area contributed by atoms with Crippen LogP contribution in [0, 0.1) is 11.8 Å². The van der Waals surface area contributed by atoms with Gasteiger partial charge in [0.05, 0.1) is 4.90 Å². The number of rotatable bonds is 5. The first-order valence-corrected chi connectivity index (χ1v) is 12.3. The predicted molar refractivity (Wildman–Crippen MR) is 112 cm³/mol. The van der Waals surface area contributed by atoms with E-state index in [1.54, 1.807) is 18.2 Å². The maximum atomic E-state index is 12.9. The van der Waals surface area contributed by atoms with Crippen LogP contribution < -0.4 is 5.32 Å². The Labute approximate surface area is 173 Å². The summed E-state index contributed by atoms with van der Waals surface area (Å²) in [5, 5.41) is 3.53. The van der Waals surface area contributed by atoms with Gasteiger partial charge in [0.15, 0.2) is 0 Å². The monoisotopic (exact) mass is 426 g/mol. The molecule has 3 rings (SSSR count). The van der Waals surface area contributed by atoms with Crippen LogP contribution in [0.5, 0.6) is 0 Å². The molecule has 1 amide bonds. The lowest BCUT2D eigenvalue weighted by atomic mass is 9.90. The molecule has 1 aromatic carbocycles. The van der Waals surface area contributed by atoms with Gasteiger partial charge in [-0.1, -0.05) is 49.8 Å². The highest BCUT2D eigenvalue weighted by molar-refractivity contribution is 7.89. The largest absolute Gasteiger partial charge is 0.356 e. The molecular formula is C21H31ClN2O3S. The van der Waals surface area contributed by atoms with Gasteiger partial charge in [0.25, 0.3) is 0 Å². The van der Waals surface area contributed by atoms with Crippen LogP contribution in [0.3, 0.4) is 0 Å². The second-order valence-corrected chi connectivity index (χ2v) is 10.5. The van der Waals surface area contributed by atoms with Gasteiger partial charge in [0.1, 0.15) is 0 Å². The lowest BCUT2D eigenvalue weighted by Crippen LogP contribution is -2.44. The Morgan fingerprint density at radius 3 is 2.50 bits per heavy atom. The Morgan fingerprint density at radius 1 is 1.07 bits per heavy atom. The molecule has 0 bridgehead atoms. The van der Waals surface area contributed by atoms with Crippen LogP contribution in [0.4, 0.5) is 0 Å². The van der Waals surface area contributed by atoms with E-state index in [1.807, 2.05) is 0 Å². The van der Waals surface area contributed by atoms with E-state index in [0.29, 0.717) is 24.7 Å². The van der Waals surface area contributed by atoms with Gasteiger partial charge in [-0.2, -0.15) is 4.31 Å². The average molecular weight is 427 g/mol. The maximum Gasteiger partial charge on any atom is 0.243 e. The molecule has 7 heteroatoms. The number of nitrogens with zero attached hydrogens (tertiary/aromatic N) is 1. The second kappa shape index (κ2) is 10.1. The average Bonchev–Trinajstić information content (AvgIpc) is 2.66. The third-order valence-electron chi connectivity index (χ3n) is 5.96. The van der Waals surface area contributed by atoms with Crippen LogP contribution in [0.15, 0.2) is 29.2 Å². The van der Waals surface area contributed by atoms with Crippen molar-refractivity contribution in [3.63, 3.8) is 0 Å². The normalized spacial score (nSPS) is 23.0. The number of nitrogens with one attached hydrogen (secondary N) is 1. The third kappa shape index (κ3) is 5.71. The number of carbonyl (C=O) groups excluding carboxylic acids is 1. The van der Waals surface area contributed by atoms with E-state index in [9.17, 15) is 13.2 Å². The summed E-state index contributed by atoms with van der Waals surface area (Å²) in [6.07, 6.45) is 9.70. The summed E-state index contributed by atoms with van der Waals surface area (Å²) in [6.45, 7) is 1.51. The van der Waals surface area contributed by atoms with Gasteiger partial charge >= 0.3 is 0 Å². The number of hydrogen-bond acceptors (Lipinski definition) is 3. The van der Waals surface area contributed by atoms with Crippen molar-refractivity contribution >= 4 is 27.5 Å². The van der Waals surface area contributed by atoms with E-state index in [-0.39, 0.29) is 22.6 Å². The molecule has 1 aromatic rings. The minimum Gasteiger partial charge on any atom is -0.356 e. The molecule has 1 heterocycles. The number of hydrogen-bond donors (Lipinski definition) is 1. The number of sulfonamides is 1. The zero-order chi connectivity index (χ0) is 20.0. The van der Waals surface area contributed by atoms with Crippen molar-refractivity contribution in [1.82, 2.24) is 9.62 Å². The van der Waals surface area contributed by atoms with Crippen molar-refractivity contribution in [3.8, 4) is 0 Å². The van der Waals surface area contributed by atoms with Crippen LogP contribution in [0.1, 0.15) is 57.8 Å². The van der Waals surface area contributed by atoms with Crippen molar-refractivity contribution < 1.29 is 13.2 Å². The Bertz CT molecular complexity index is 761. The first-order valence-electron chi connectivity index (χ1n) is 10.5. The number of benzene rings is 1. The van der Waals surface area contributed by atoms with Crippen molar-refractivity contribution in [2.45, 2.75) is 62.7 Å². The first kappa shape index (κ1) is 21.6. The molecule has 2 aliphatic rings. The van der Waals surface area contributed by atoms with E-state index in [1.165, 1.54) is 29.6 Å². The van der Waals surface area contributed by atoms with Crippen LogP contribution in [0.2, 0.25) is 5.02 Å². The Hall–Kier alpha value is -1.11. The van der Waals surface area contributed by atoms with Gasteiger partial charge in [-0.05, 0) is 49.8 Å². The van der Waals surface area contributed by atoms with Crippen LogP contribution in [-0.4, -0.2) is 38.3 Å². The number of halogens is 1. The van der Waals surface area contributed by atoms with Crippen molar-refractivity contribution in [2.75, 3.05) is 19.6 Å². The van der Waals surface area contributed by atoms with Gasteiger partial charge in [-0.25, -0.2) is 8.42 Å². The number of piperidine rings is 1. The minimum atomic E-state index is -3.55. The molecule has 1 saturated heterocycles. The van der Waals surface area contributed by atoms with Crippen molar-refractivity contribution in [3.05, 3.63) is 29.3 Å². The number of amides is 1. The summed E-state index contributed by atoms with van der Waals surface area (Å²) in [7, 11) is -3.55. The molecular weight excluding hydrogens is 396 g/mol. The molecule has 5 nitrogen and oxygen atoms in total. The molecule has 1 N–H and O–H groups in total. The zero-order valence-electron chi connectivity index (χ0n) is 16.4. The fraction of sp³-hybridized carbons (Fsp3) is 0.667. The Kier molecular flexibility index (Phi) is 7.77. The summed E-state index contributed by atoms with van der Waals surface area (Å²) in [5.41, 5.74) is 0. The molecule has 1 atom stereocenters. The van der Waals surface area contributed by atoms with E-state index >= 15 is 0 Å². The van der Waals surface area contributed by atoms with Gasteiger partial charge in [-0.3, -0.25) is 4.79 Å². The summed E-state index contributed by atoms with van der Waals surface area (Å²) >= 11 is 5.97. The lowest BCUT2D eigenvalue weighted by Gasteiger charge is -2.32.